The summed E-state index contributed by atoms with van der Waals surface area (Å²) in [6, 6.07) is 1.82. The Hall–Kier alpha value is -0.480. The second-order valence-corrected chi connectivity index (χ2v) is 6.41. The second kappa shape index (κ2) is 5.91. The number of hydrogen-bond acceptors (Lipinski definition) is 4. The lowest BCUT2D eigenvalue weighted by atomic mass is 9.96. The van der Waals surface area contributed by atoms with Crippen LogP contribution in [0, 0.1) is 0 Å². The summed E-state index contributed by atoms with van der Waals surface area (Å²) in [4.78, 5) is 11.0. The average molecular weight is 274 g/mol. The molecule has 0 bridgehead atoms. The standard InChI is InChI=1S/C12H20ClN3S/c1-12(2,3)11-14-9(13)8-10(15-11)16(4)6-7-17-5/h8H,6-7H2,1-5H3. The zero-order valence-corrected chi connectivity index (χ0v) is 12.7. The molecule has 0 aromatic carbocycles. The van der Waals surface area contributed by atoms with E-state index in [0.717, 1.165) is 23.9 Å². The van der Waals surface area contributed by atoms with Gasteiger partial charge in [0.2, 0.25) is 0 Å². The van der Waals surface area contributed by atoms with E-state index < -0.39 is 0 Å². The fourth-order valence-electron chi connectivity index (χ4n) is 1.28. The van der Waals surface area contributed by atoms with E-state index in [1.165, 1.54) is 0 Å². The van der Waals surface area contributed by atoms with E-state index in [4.69, 9.17) is 11.6 Å². The van der Waals surface area contributed by atoms with E-state index in [2.05, 4.69) is 41.9 Å². The number of halogens is 1. The molecule has 0 saturated carbocycles. The van der Waals surface area contributed by atoms with Crippen molar-refractivity contribution in [3.05, 3.63) is 17.0 Å². The molecule has 17 heavy (non-hydrogen) atoms. The van der Waals surface area contributed by atoms with Crippen LogP contribution in [0.2, 0.25) is 5.15 Å². The van der Waals surface area contributed by atoms with Crippen molar-refractivity contribution in [1.29, 1.82) is 0 Å². The molecule has 0 saturated heterocycles. The van der Waals surface area contributed by atoms with Crippen molar-refractivity contribution in [2.24, 2.45) is 0 Å². The van der Waals surface area contributed by atoms with Gasteiger partial charge < -0.3 is 4.90 Å². The summed E-state index contributed by atoms with van der Waals surface area (Å²) in [6.07, 6.45) is 2.10. The smallest absolute Gasteiger partial charge is 0.137 e. The topological polar surface area (TPSA) is 29.0 Å². The molecule has 5 heteroatoms. The van der Waals surface area contributed by atoms with Gasteiger partial charge in [0.25, 0.3) is 0 Å². The van der Waals surface area contributed by atoms with Gasteiger partial charge in [0.15, 0.2) is 0 Å². The summed E-state index contributed by atoms with van der Waals surface area (Å²) in [7, 11) is 2.03. The fourth-order valence-corrected chi connectivity index (χ4v) is 1.91. The molecule has 0 aliphatic carbocycles. The molecule has 0 aliphatic rings. The molecule has 0 spiro atoms. The zero-order chi connectivity index (χ0) is 13.1. The molecule has 0 fully saturated rings. The highest BCUT2D eigenvalue weighted by molar-refractivity contribution is 7.98. The van der Waals surface area contributed by atoms with Crippen LogP contribution in [0.15, 0.2) is 6.07 Å². The van der Waals surface area contributed by atoms with Gasteiger partial charge >= 0.3 is 0 Å². The van der Waals surface area contributed by atoms with Crippen LogP contribution in [-0.2, 0) is 5.41 Å². The van der Waals surface area contributed by atoms with Crippen molar-refractivity contribution in [2.45, 2.75) is 26.2 Å². The third kappa shape index (κ3) is 4.36. The minimum Gasteiger partial charge on any atom is -0.359 e. The molecule has 0 amide bonds. The number of aromatic nitrogens is 2. The highest BCUT2D eigenvalue weighted by Gasteiger charge is 2.19. The third-order valence-electron chi connectivity index (χ3n) is 2.37. The van der Waals surface area contributed by atoms with E-state index in [-0.39, 0.29) is 5.41 Å². The van der Waals surface area contributed by atoms with Crippen LogP contribution >= 0.6 is 23.4 Å². The molecule has 1 aromatic rings. The van der Waals surface area contributed by atoms with Gasteiger partial charge in [0, 0.05) is 30.8 Å². The maximum atomic E-state index is 6.05. The largest absolute Gasteiger partial charge is 0.359 e. The van der Waals surface area contributed by atoms with Gasteiger partial charge in [-0.2, -0.15) is 11.8 Å². The Balaban J connectivity index is 2.97. The van der Waals surface area contributed by atoms with Gasteiger partial charge in [-0.05, 0) is 6.26 Å². The van der Waals surface area contributed by atoms with Gasteiger partial charge in [-0.1, -0.05) is 32.4 Å². The van der Waals surface area contributed by atoms with Crippen LogP contribution in [0.3, 0.4) is 0 Å². The number of nitrogens with zero attached hydrogens (tertiary/aromatic N) is 3. The molecule has 0 aliphatic heterocycles. The quantitative estimate of drug-likeness (QED) is 0.788. The van der Waals surface area contributed by atoms with Crippen molar-refractivity contribution in [3.8, 4) is 0 Å². The molecule has 0 radical (unpaired) electrons. The predicted molar refractivity (Wildman–Crippen MR) is 77.4 cm³/mol. The summed E-state index contributed by atoms with van der Waals surface area (Å²) < 4.78 is 0. The Bertz CT molecular complexity index is 377. The van der Waals surface area contributed by atoms with Gasteiger partial charge in [-0.3, -0.25) is 0 Å². The number of thioether (sulfide) groups is 1. The highest BCUT2D eigenvalue weighted by atomic mass is 35.5. The lowest BCUT2D eigenvalue weighted by Crippen LogP contribution is -2.24. The molecular formula is C12H20ClN3S. The number of hydrogen-bond donors (Lipinski definition) is 0. The van der Waals surface area contributed by atoms with E-state index in [9.17, 15) is 0 Å². The molecular weight excluding hydrogens is 254 g/mol. The molecule has 1 aromatic heterocycles. The van der Waals surface area contributed by atoms with Crippen molar-refractivity contribution >= 4 is 29.2 Å². The third-order valence-corrected chi connectivity index (χ3v) is 3.16. The first kappa shape index (κ1) is 14.6. The van der Waals surface area contributed by atoms with Crippen LogP contribution in [-0.4, -0.2) is 35.6 Å². The van der Waals surface area contributed by atoms with E-state index >= 15 is 0 Å². The van der Waals surface area contributed by atoms with E-state index in [1.807, 2.05) is 24.9 Å². The van der Waals surface area contributed by atoms with Crippen molar-refractivity contribution in [3.63, 3.8) is 0 Å². The molecule has 96 valence electrons. The summed E-state index contributed by atoms with van der Waals surface area (Å²) in [5.41, 5.74) is -0.0833. The fraction of sp³-hybridized carbons (Fsp3) is 0.667. The first-order valence-electron chi connectivity index (χ1n) is 5.59. The van der Waals surface area contributed by atoms with Crippen LogP contribution in [0.1, 0.15) is 26.6 Å². The van der Waals surface area contributed by atoms with Crippen molar-refractivity contribution < 1.29 is 0 Å². The van der Waals surface area contributed by atoms with Gasteiger partial charge in [0.05, 0.1) is 0 Å². The molecule has 3 nitrogen and oxygen atoms in total. The average Bonchev–Trinajstić information content (AvgIpc) is 2.23. The van der Waals surface area contributed by atoms with Crippen LogP contribution in [0.25, 0.3) is 0 Å². The maximum absolute atomic E-state index is 6.05. The summed E-state index contributed by atoms with van der Waals surface area (Å²) in [5.74, 6) is 2.75. The van der Waals surface area contributed by atoms with Gasteiger partial charge in [-0.25, -0.2) is 9.97 Å². The maximum Gasteiger partial charge on any atom is 0.137 e. The lowest BCUT2D eigenvalue weighted by molar-refractivity contribution is 0.544. The molecule has 0 N–H and O–H groups in total. The Morgan fingerprint density at radius 1 is 1.35 bits per heavy atom. The van der Waals surface area contributed by atoms with Gasteiger partial charge in [0.1, 0.15) is 16.8 Å². The number of anilines is 1. The lowest BCUT2D eigenvalue weighted by Gasteiger charge is -2.22. The minimum atomic E-state index is -0.0833. The van der Waals surface area contributed by atoms with Crippen LogP contribution in [0.4, 0.5) is 5.82 Å². The number of rotatable bonds is 4. The van der Waals surface area contributed by atoms with Crippen molar-refractivity contribution in [1.82, 2.24) is 9.97 Å². The zero-order valence-electron chi connectivity index (χ0n) is 11.1. The molecule has 1 heterocycles. The summed E-state index contributed by atoms with van der Waals surface area (Å²) >= 11 is 7.87. The van der Waals surface area contributed by atoms with Gasteiger partial charge in [-0.15, -0.1) is 0 Å². The molecule has 0 atom stereocenters. The monoisotopic (exact) mass is 273 g/mol. The second-order valence-electron chi connectivity index (χ2n) is 5.04. The first-order chi connectivity index (χ1) is 7.84. The summed E-state index contributed by atoms with van der Waals surface area (Å²) in [5, 5.41) is 0.510. The summed E-state index contributed by atoms with van der Waals surface area (Å²) in [6.45, 7) is 7.22. The predicted octanol–water partition coefficient (Wildman–Crippen LogP) is 3.23. The molecule has 0 unspecified atom stereocenters. The van der Waals surface area contributed by atoms with E-state index in [0.29, 0.717) is 5.15 Å². The van der Waals surface area contributed by atoms with Crippen LogP contribution in [0.5, 0.6) is 0 Å². The Labute approximate surface area is 113 Å². The Morgan fingerprint density at radius 3 is 2.53 bits per heavy atom. The van der Waals surface area contributed by atoms with Crippen LogP contribution < -0.4 is 4.90 Å². The van der Waals surface area contributed by atoms with Crippen molar-refractivity contribution in [2.75, 3.05) is 30.5 Å². The Kier molecular flexibility index (Phi) is 5.07. The normalized spacial score (nSPS) is 11.6. The molecule has 1 rings (SSSR count). The van der Waals surface area contributed by atoms with E-state index in [1.54, 1.807) is 0 Å². The SMILES string of the molecule is CSCCN(C)c1cc(Cl)nc(C(C)(C)C)n1. The Morgan fingerprint density at radius 2 is 2.00 bits per heavy atom. The first-order valence-corrected chi connectivity index (χ1v) is 7.37. The minimum absolute atomic E-state index is 0.0833. The highest BCUT2D eigenvalue weighted by Crippen LogP contribution is 2.23.